The van der Waals surface area contributed by atoms with Gasteiger partial charge in [-0.1, -0.05) is 19.3 Å². The molecular weight excluding hydrogens is 228 g/mol. The molecule has 1 saturated carbocycles. The molecule has 1 fully saturated rings. The van der Waals surface area contributed by atoms with Gasteiger partial charge in [-0.3, -0.25) is 4.79 Å². The van der Waals surface area contributed by atoms with E-state index in [1.54, 1.807) is 0 Å². The van der Waals surface area contributed by atoms with Gasteiger partial charge in [0.15, 0.2) is 0 Å². The minimum absolute atomic E-state index is 0.116. The first-order valence-electron chi connectivity index (χ1n) is 6.58. The Kier molecular flexibility index (Phi) is 4.01. The summed E-state index contributed by atoms with van der Waals surface area (Å²) in [7, 11) is 4.27. The van der Waals surface area contributed by atoms with Crippen molar-refractivity contribution >= 4 is 5.82 Å². The first-order valence-corrected chi connectivity index (χ1v) is 6.58. The number of likely N-dealkylation sites (N-methyl/N-ethyl adjacent to an activating group) is 1. The van der Waals surface area contributed by atoms with Crippen molar-refractivity contribution in [2.24, 2.45) is 0 Å². The highest BCUT2D eigenvalue weighted by molar-refractivity contribution is 5.32. The predicted octanol–water partition coefficient (Wildman–Crippen LogP) is 1.45. The average Bonchev–Trinajstić information content (AvgIpc) is 2.37. The molecule has 1 aromatic rings. The van der Waals surface area contributed by atoms with Crippen LogP contribution in [-0.4, -0.2) is 41.0 Å². The van der Waals surface area contributed by atoms with Gasteiger partial charge in [-0.25, -0.2) is 4.98 Å². The van der Waals surface area contributed by atoms with Gasteiger partial charge < -0.3 is 15.2 Å². The number of anilines is 1. The zero-order chi connectivity index (χ0) is 13.0. The molecule has 100 valence electrons. The van der Waals surface area contributed by atoms with E-state index < -0.39 is 0 Å². The summed E-state index contributed by atoms with van der Waals surface area (Å²) in [5.74, 6) is 0.658. The van der Waals surface area contributed by atoms with Gasteiger partial charge in [0.05, 0.1) is 6.33 Å². The third-order valence-corrected chi connectivity index (χ3v) is 4.01. The Balaban J connectivity index is 2.04. The van der Waals surface area contributed by atoms with Crippen LogP contribution in [0.3, 0.4) is 0 Å². The number of rotatable bonds is 4. The van der Waals surface area contributed by atoms with E-state index in [2.05, 4.69) is 34.3 Å². The zero-order valence-electron chi connectivity index (χ0n) is 11.2. The molecule has 1 aliphatic carbocycles. The monoisotopic (exact) mass is 250 g/mol. The van der Waals surface area contributed by atoms with Crippen LogP contribution >= 0.6 is 0 Å². The Labute approximate surface area is 108 Å². The fourth-order valence-electron chi connectivity index (χ4n) is 2.71. The summed E-state index contributed by atoms with van der Waals surface area (Å²) in [6, 6.07) is 1.51. The number of hydrogen-bond donors (Lipinski definition) is 2. The number of aromatic nitrogens is 2. The Morgan fingerprint density at radius 2 is 2.11 bits per heavy atom. The van der Waals surface area contributed by atoms with Gasteiger partial charge in [-0.05, 0) is 26.9 Å². The molecule has 0 bridgehead atoms. The molecular formula is C13H22N4O. The van der Waals surface area contributed by atoms with E-state index >= 15 is 0 Å². The predicted molar refractivity (Wildman–Crippen MR) is 72.9 cm³/mol. The lowest BCUT2D eigenvalue weighted by Gasteiger charge is -2.43. The Morgan fingerprint density at radius 3 is 2.72 bits per heavy atom. The number of aromatic amines is 1. The first-order chi connectivity index (χ1) is 8.62. The topological polar surface area (TPSA) is 61.0 Å². The second-order valence-electron chi connectivity index (χ2n) is 5.33. The maximum absolute atomic E-state index is 11.2. The molecule has 1 heterocycles. The summed E-state index contributed by atoms with van der Waals surface area (Å²) in [4.78, 5) is 20.2. The highest BCUT2D eigenvalue weighted by Crippen LogP contribution is 2.32. The summed E-state index contributed by atoms with van der Waals surface area (Å²) in [6.45, 7) is 0.844. The van der Waals surface area contributed by atoms with Crippen molar-refractivity contribution in [3.8, 4) is 0 Å². The highest BCUT2D eigenvalue weighted by Gasteiger charge is 2.33. The molecule has 0 saturated heterocycles. The summed E-state index contributed by atoms with van der Waals surface area (Å²) >= 11 is 0. The van der Waals surface area contributed by atoms with E-state index in [0.29, 0.717) is 5.82 Å². The lowest BCUT2D eigenvalue weighted by atomic mass is 9.80. The Bertz CT molecular complexity index is 435. The fourth-order valence-corrected chi connectivity index (χ4v) is 2.71. The van der Waals surface area contributed by atoms with Gasteiger partial charge in [-0.15, -0.1) is 0 Å². The van der Waals surface area contributed by atoms with Crippen molar-refractivity contribution in [2.45, 2.75) is 37.6 Å². The van der Waals surface area contributed by atoms with Gasteiger partial charge in [0.25, 0.3) is 5.56 Å². The number of hydrogen-bond acceptors (Lipinski definition) is 4. The largest absolute Gasteiger partial charge is 0.368 e. The second kappa shape index (κ2) is 5.52. The van der Waals surface area contributed by atoms with Crippen LogP contribution in [0.1, 0.15) is 32.1 Å². The van der Waals surface area contributed by atoms with Gasteiger partial charge in [-0.2, -0.15) is 0 Å². The highest BCUT2D eigenvalue weighted by atomic mass is 16.1. The molecule has 5 nitrogen and oxygen atoms in total. The standard InChI is InChI=1S/C13H22N4O/c1-17(2)13(6-4-3-5-7-13)9-14-11-8-12(18)16-10-15-11/h8,10H,3-7,9H2,1-2H3,(H2,14,15,16,18). The molecule has 0 aromatic carbocycles. The van der Waals surface area contributed by atoms with Crippen molar-refractivity contribution in [1.82, 2.24) is 14.9 Å². The second-order valence-corrected chi connectivity index (χ2v) is 5.33. The molecule has 5 heteroatoms. The molecule has 2 N–H and O–H groups in total. The molecule has 0 amide bonds. The summed E-state index contributed by atoms with van der Waals surface area (Å²) in [5, 5.41) is 3.30. The van der Waals surface area contributed by atoms with E-state index in [1.807, 2.05) is 0 Å². The van der Waals surface area contributed by atoms with Crippen LogP contribution in [0.5, 0.6) is 0 Å². The van der Waals surface area contributed by atoms with Crippen LogP contribution in [0.2, 0.25) is 0 Å². The molecule has 0 spiro atoms. The maximum Gasteiger partial charge on any atom is 0.252 e. The number of nitrogens with zero attached hydrogens (tertiary/aromatic N) is 2. The van der Waals surface area contributed by atoms with Crippen LogP contribution < -0.4 is 10.9 Å². The average molecular weight is 250 g/mol. The van der Waals surface area contributed by atoms with Crippen molar-refractivity contribution in [3.05, 3.63) is 22.7 Å². The molecule has 18 heavy (non-hydrogen) atoms. The van der Waals surface area contributed by atoms with Crippen LogP contribution in [-0.2, 0) is 0 Å². The third kappa shape index (κ3) is 2.90. The molecule has 1 aliphatic rings. The lowest BCUT2D eigenvalue weighted by Crippen LogP contribution is -2.51. The number of H-pyrrole nitrogens is 1. The van der Waals surface area contributed by atoms with E-state index in [1.165, 1.54) is 44.5 Å². The molecule has 1 aromatic heterocycles. The van der Waals surface area contributed by atoms with Gasteiger partial charge in [0, 0.05) is 18.2 Å². The van der Waals surface area contributed by atoms with Crippen LogP contribution in [0.4, 0.5) is 5.82 Å². The summed E-state index contributed by atoms with van der Waals surface area (Å²) in [6.07, 6.45) is 7.74. The maximum atomic E-state index is 11.2. The van der Waals surface area contributed by atoms with Gasteiger partial charge in [0.1, 0.15) is 5.82 Å². The SMILES string of the molecule is CN(C)C1(CNc2cc(=O)[nH]cn2)CCCCC1. The minimum Gasteiger partial charge on any atom is -0.368 e. The smallest absolute Gasteiger partial charge is 0.252 e. The van der Waals surface area contributed by atoms with Crippen molar-refractivity contribution in [1.29, 1.82) is 0 Å². The Hall–Kier alpha value is -1.36. The van der Waals surface area contributed by atoms with Crippen LogP contribution in [0.25, 0.3) is 0 Å². The van der Waals surface area contributed by atoms with Gasteiger partial charge >= 0.3 is 0 Å². The normalized spacial score (nSPS) is 18.8. The third-order valence-electron chi connectivity index (χ3n) is 4.01. The van der Waals surface area contributed by atoms with Crippen molar-refractivity contribution in [3.63, 3.8) is 0 Å². The van der Waals surface area contributed by atoms with Gasteiger partial charge in [0.2, 0.25) is 0 Å². The number of nitrogens with one attached hydrogen (secondary N) is 2. The summed E-state index contributed by atoms with van der Waals surface area (Å²) in [5.41, 5.74) is 0.0813. The van der Waals surface area contributed by atoms with Crippen LogP contribution in [0, 0.1) is 0 Å². The van der Waals surface area contributed by atoms with E-state index in [0.717, 1.165) is 6.54 Å². The lowest BCUT2D eigenvalue weighted by molar-refractivity contribution is 0.113. The minimum atomic E-state index is -0.116. The van der Waals surface area contributed by atoms with Crippen molar-refractivity contribution < 1.29 is 0 Å². The first kappa shape index (κ1) is 13.1. The van der Waals surface area contributed by atoms with E-state index in [9.17, 15) is 4.79 Å². The molecule has 2 rings (SSSR count). The molecule has 0 atom stereocenters. The van der Waals surface area contributed by atoms with E-state index in [-0.39, 0.29) is 11.1 Å². The van der Waals surface area contributed by atoms with E-state index in [4.69, 9.17) is 0 Å². The molecule has 0 unspecified atom stereocenters. The molecule has 0 aliphatic heterocycles. The Morgan fingerprint density at radius 1 is 1.39 bits per heavy atom. The zero-order valence-corrected chi connectivity index (χ0v) is 11.2. The van der Waals surface area contributed by atoms with Crippen molar-refractivity contribution in [2.75, 3.05) is 26.0 Å². The molecule has 0 radical (unpaired) electrons. The quantitative estimate of drug-likeness (QED) is 0.849. The van der Waals surface area contributed by atoms with Crippen LogP contribution in [0.15, 0.2) is 17.2 Å². The summed E-state index contributed by atoms with van der Waals surface area (Å²) < 4.78 is 0. The fraction of sp³-hybridized carbons (Fsp3) is 0.692.